The number of hydrogen-bond acceptors (Lipinski definition) is 6. The number of hydrogen-bond donors (Lipinski definition) is 0. The summed E-state index contributed by atoms with van der Waals surface area (Å²) in [5.41, 5.74) is 0.711. The molecule has 0 unspecified atom stereocenters. The van der Waals surface area contributed by atoms with Crippen molar-refractivity contribution in [2.45, 2.75) is 26.5 Å². The number of aromatic nitrogens is 3. The summed E-state index contributed by atoms with van der Waals surface area (Å²) in [6.07, 6.45) is 2.32. The number of nitrogens with zero attached hydrogens (tertiary/aromatic N) is 3. The van der Waals surface area contributed by atoms with Gasteiger partial charge in [0, 0.05) is 18.2 Å². The minimum atomic E-state index is -0.635. The number of esters is 1. The highest BCUT2D eigenvalue weighted by atomic mass is 16.5. The number of carbonyl (C=O) groups is 1. The van der Waals surface area contributed by atoms with Gasteiger partial charge in [-0.15, -0.1) is 0 Å². The number of benzene rings is 1. The van der Waals surface area contributed by atoms with Gasteiger partial charge in [0.05, 0.1) is 6.20 Å². The molecule has 0 bridgehead atoms. The van der Waals surface area contributed by atoms with Crippen LogP contribution in [0.5, 0.6) is 0 Å². The molecule has 0 aliphatic heterocycles. The molecule has 0 atom stereocenters. The second-order valence-corrected chi connectivity index (χ2v) is 5.34. The first kappa shape index (κ1) is 16.6. The van der Waals surface area contributed by atoms with Crippen molar-refractivity contribution < 1.29 is 13.9 Å². The molecule has 3 aromatic rings. The van der Waals surface area contributed by atoms with E-state index in [0.29, 0.717) is 12.3 Å². The molecule has 2 aromatic heterocycles. The van der Waals surface area contributed by atoms with E-state index in [-0.39, 0.29) is 23.8 Å². The quantitative estimate of drug-likeness (QED) is 0.642. The molecule has 1 aromatic carbocycles. The summed E-state index contributed by atoms with van der Waals surface area (Å²) in [4.78, 5) is 27.8. The Bertz CT molecular complexity index is 915. The molecule has 25 heavy (non-hydrogen) atoms. The summed E-state index contributed by atoms with van der Waals surface area (Å²) >= 11 is 0. The maximum Gasteiger partial charge on any atom is 0.359 e. The third kappa shape index (κ3) is 4.00. The summed E-state index contributed by atoms with van der Waals surface area (Å²) in [7, 11) is 0. The lowest BCUT2D eigenvalue weighted by molar-refractivity contribution is 0.0428. The van der Waals surface area contributed by atoms with Crippen molar-refractivity contribution in [1.82, 2.24) is 14.8 Å². The van der Waals surface area contributed by atoms with Crippen LogP contribution in [0.25, 0.3) is 11.3 Å². The molecule has 0 spiro atoms. The predicted octanol–water partition coefficient (Wildman–Crippen LogP) is 2.67. The zero-order valence-electron chi connectivity index (χ0n) is 13.7. The second-order valence-electron chi connectivity index (χ2n) is 5.34. The van der Waals surface area contributed by atoms with E-state index in [1.807, 2.05) is 37.3 Å². The Hall–Kier alpha value is -3.22. The summed E-state index contributed by atoms with van der Waals surface area (Å²) < 4.78 is 12.0. The molecule has 0 aliphatic carbocycles. The fourth-order valence-corrected chi connectivity index (χ4v) is 2.24. The van der Waals surface area contributed by atoms with Crippen LogP contribution in [0.3, 0.4) is 0 Å². The maximum atomic E-state index is 12.1. The van der Waals surface area contributed by atoms with Crippen LogP contribution in [0.2, 0.25) is 0 Å². The molecule has 128 valence electrons. The van der Waals surface area contributed by atoms with Crippen LogP contribution < -0.4 is 5.56 Å². The van der Waals surface area contributed by atoms with Gasteiger partial charge < -0.3 is 9.15 Å². The molecule has 3 rings (SSSR count). The largest absolute Gasteiger partial charge is 0.451 e. The van der Waals surface area contributed by atoms with E-state index in [1.165, 1.54) is 16.8 Å². The van der Waals surface area contributed by atoms with Gasteiger partial charge in [0.2, 0.25) is 5.89 Å². The van der Waals surface area contributed by atoms with E-state index in [1.54, 1.807) is 6.20 Å². The Morgan fingerprint density at radius 2 is 2.00 bits per heavy atom. The normalized spacial score (nSPS) is 10.6. The summed E-state index contributed by atoms with van der Waals surface area (Å²) in [5, 5.41) is 4.01. The zero-order chi connectivity index (χ0) is 17.6. The van der Waals surface area contributed by atoms with Crippen LogP contribution in [0.1, 0.15) is 29.7 Å². The van der Waals surface area contributed by atoms with Crippen LogP contribution in [-0.2, 0) is 17.9 Å². The average molecular weight is 339 g/mol. The van der Waals surface area contributed by atoms with Gasteiger partial charge in [-0.25, -0.2) is 14.5 Å². The van der Waals surface area contributed by atoms with Crippen LogP contribution in [0.15, 0.2) is 57.9 Å². The fourth-order valence-electron chi connectivity index (χ4n) is 2.24. The second kappa shape index (κ2) is 7.57. The standard InChI is InChI=1S/C18H17N3O4/c1-2-10-21-17(22)9-8-14(20-21)18(23)24-12-16-19-11-15(25-16)13-6-4-3-5-7-13/h3-9,11H,2,10,12H2,1H3. The summed E-state index contributed by atoms with van der Waals surface area (Å²) in [6.45, 7) is 2.26. The third-order valence-corrected chi connectivity index (χ3v) is 3.45. The number of rotatable bonds is 6. The molecule has 7 nitrogen and oxygen atoms in total. The highest BCUT2D eigenvalue weighted by Crippen LogP contribution is 2.20. The average Bonchev–Trinajstić information content (AvgIpc) is 3.11. The Morgan fingerprint density at radius 3 is 2.76 bits per heavy atom. The number of carbonyl (C=O) groups excluding carboxylic acids is 1. The minimum Gasteiger partial charge on any atom is -0.451 e. The van der Waals surface area contributed by atoms with Crippen molar-refractivity contribution in [1.29, 1.82) is 0 Å². The molecule has 0 fully saturated rings. The molecule has 0 amide bonds. The van der Waals surface area contributed by atoms with Gasteiger partial charge in [-0.3, -0.25) is 4.79 Å². The predicted molar refractivity (Wildman–Crippen MR) is 89.8 cm³/mol. The summed E-state index contributed by atoms with van der Waals surface area (Å²) in [6, 6.07) is 12.2. The van der Waals surface area contributed by atoms with E-state index in [9.17, 15) is 9.59 Å². The molecule has 0 saturated carbocycles. The van der Waals surface area contributed by atoms with Crippen LogP contribution in [-0.4, -0.2) is 20.7 Å². The van der Waals surface area contributed by atoms with Gasteiger partial charge in [-0.05, 0) is 12.5 Å². The van der Waals surface area contributed by atoms with Crippen molar-refractivity contribution >= 4 is 5.97 Å². The maximum absolute atomic E-state index is 12.1. The highest BCUT2D eigenvalue weighted by molar-refractivity contribution is 5.86. The van der Waals surface area contributed by atoms with E-state index in [4.69, 9.17) is 9.15 Å². The molecule has 0 N–H and O–H groups in total. The molecule has 0 aliphatic rings. The monoisotopic (exact) mass is 339 g/mol. The van der Waals surface area contributed by atoms with E-state index < -0.39 is 5.97 Å². The van der Waals surface area contributed by atoms with Gasteiger partial charge in [-0.2, -0.15) is 5.10 Å². The van der Waals surface area contributed by atoms with Gasteiger partial charge in [0.15, 0.2) is 18.1 Å². The van der Waals surface area contributed by atoms with Crippen molar-refractivity contribution in [3.05, 3.63) is 70.6 Å². The Balaban J connectivity index is 1.66. The lowest BCUT2D eigenvalue weighted by Gasteiger charge is -2.05. The van der Waals surface area contributed by atoms with Gasteiger partial charge in [0.1, 0.15) is 0 Å². The van der Waals surface area contributed by atoms with E-state index in [2.05, 4.69) is 10.1 Å². The minimum absolute atomic E-state index is 0.0721. The van der Waals surface area contributed by atoms with Crippen molar-refractivity contribution in [2.24, 2.45) is 0 Å². The lowest BCUT2D eigenvalue weighted by Crippen LogP contribution is -2.24. The Labute approximate surface area is 143 Å². The molecular formula is C18H17N3O4. The number of oxazole rings is 1. The first-order chi connectivity index (χ1) is 12.2. The van der Waals surface area contributed by atoms with Gasteiger partial charge >= 0.3 is 5.97 Å². The topological polar surface area (TPSA) is 87.2 Å². The molecule has 7 heteroatoms. The number of ether oxygens (including phenoxy) is 1. The Kier molecular flexibility index (Phi) is 5.03. The van der Waals surface area contributed by atoms with E-state index >= 15 is 0 Å². The highest BCUT2D eigenvalue weighted by Gasteiger charge is 2.13. The van der Waals surface area contributed by atoms with E-state index in [0.717, 1.165) is 12.0 Å². The smallest absolute Gasteiger partial charge is 0.359 e. The van der Waals surface area contributed by atoms with Gasteiger partial charge in [0.25, 0.3) is 5.56 Å². The molecule has 0 radical (unpaired) electrons. The third-order valence-electron chi connectivity index (χ3n) is 3.45. The first-order valence-corrected chi connectivity index (χ1v) is 7.93. The molecular weight excluding hydrogens is 322 g/mol. The van der Waals surface area contributed by atoms with Crippen molar-refractivity contribution in [3.63, 3.8) is 0 Å². The number of aryl methyl sites for hydroxylation is 1. The first-order valence-electron chi connectivity index (χ1n) is 7.93. The fraction of sp³-hybridized carbons (Fsp3) is 0.222. The van der Waals surface area contributed by atoms with Gasteiger partial charge in [-0.1, -0.05) is 37.3 Å². The van der Waals surface area contributed by atoms with Crippen molar-refractivity contribution in [2.75, 3.05) is 0 Å². The lowest BCUT2D eigenvalue weighted by atomic mass is 10.2. The Morgan fingerprint density at radius 1 is 1.20 bits per heavy atom. The van der Waals surface area contributed by atoms with Crippen LogP contribution in [0, 0.1) is 0 Å². The molecule has 0 saturated heterocycles. The van der Waals surface area contributed by atoms with Crippen LogP contribution in [0.4, 0.5) is 0 Å². The van der Waals surface area contributed by atoms with Crippen LogP contribution >= 0.6 is 0 Å². The molecule has 2 heterocycles. The zero-order valence-corrected chi connectivity index (χ0v) is 13.7. The summed E-state index contributed by atoms with van der Waals surface area (Å²) in [5.74, 6) is 0.250. The SMILES string of the molecule is CCCn1nc(C(=O)OCc2ncc(-c3ccccc3)o2)ccc1=O. The van der Waals surface area contributed by atoms with Crippen molar-refractivity contribution in [3.8, 4) is 11.3 Å².